The first-order valence-electron chi connectivity index (χ1n) is 8.60. The third-order valence-corrected chi connectivity index (χ3v) is 4.06. The molecule has 0 radical (unpaired) electrons. The third-order valence-electron chi connectivity index (χ3n) is 3.73. The van der Waals surface area contributed by atoms with Crippen LogP contribution < -0.4 is 14.8 Å². The zero-order valence-corrected chi connectivity index (χ0v) is 16.8. The van der Waals surface area contributed by atoms with Gasteiger partial charge in [-0.05, 0) is 36.4 Å². The van der Waals surface area contributed by atoms with E-state index >= 15 is 0 Å². The molecule has 0 fully saturated rings. The molecule has 8 nitrogen and oxygen atoms in total. The molecule has 0 aromatic heterocycles. The highest BCUT2D eigenvalue weighted by molar-refractivity contribution is 6.33. The Kier molecular flexibility index (Phi) is 8.29. The Balaban J connectivity index is 1.70. The highest BCUT2D eigenvalue weighted by Crippen LogP contribution is 2.20. The summed E-state index contributed by atoms with van der Waals surface area (Å²) in [5, 5.41) is 3.00. The number of halogens is 1. The van der Waals surface area contributed by atoms with E-state index in [0.29, 0.717) is 22.2 Å². The molecular weight excluding hydrogens is 400 g/mol. The number of anilines is 1. The van der Waals surface area contributed by atoms with Gasteiger partial charge in [-0.15, -0.1) is 0 Å². The summed E-state index contributed by atoms with van der Waals surface area (Å²) in [7, 11) is 2.97. The van der Waals surface area contributed by atoms with Crippen molar-refractivity contribution in [1.82, 2.24) is 4.90 Å². The average molecular weight is 421 g/mol. The van der Waals surface area contributed by atoms with E-state index in [4.69, 9.17) is 25.8 Å². The maximum absolute atomic E-state index is 12.0. The summed E-state index contributed by atoms with van der Waals surface area (Å²) in [6, 6.07) is 13.4. The predicted molar refractivity (Wildman–Crippen MR) is 107 cm³/mol. The Labute approximate surface area is 173 Å². The van der Waals surface area contributed by atoms with Gasteiger partial charge < -0.3 is 24.4 Å². The number of carbonyl (C=O) groups is 3. The monoisotopic (exact) mass is 420 g/mol. The van der Waals surface area contributed by atoms with Crippen molar-refractivity contribution in [3.63, 3.8) is 0 Å². The maximum Gasteiger partial charge on any atom is 0.344 e. The Morgan fingerprint density at radius 3 is 2.31 bits per heavy atom. The summed E-state index contributed by atoms with van der Waals surface area (Å²) in [5.74, 6) is -0.544. The Morgan fingerprint density at radius 1 is 1.00 bits per heavy atom. The smallest absolute Gasteiger partial charge is 0.344 e. The Hall–Kier alpha value is -3.26. The first kappa shape index (κ1) is 22.0. The standard InChI is InChI=1S/C20H21ClN2O6/c1-23(11-18(24)22-17-6-4-3-5-16(17)21)19(25)12-29-20(26)13-28-15-9-7-14(27-2)8-10-15/h3-10H,11-13H2,1-2H3,(H,22,24). The van der Waals surface area contributed by atoms with E-state index in [9.17, 15) is 14.4 Å². The van der Waals surface area contributed by atoms with E-state index in [1.807, 2.05) is 0 Å². The van der Waals surface area contributed by atoms with E-state index in [0.717, 1.165) is 4.90 Å². The molecule has 0 heterocycles. The lowest BCUT2D eigenvalue weighted by atomic mass is 10.3. The van der Waals surface area contributed by atoms with Gasteiger partial charge >= 0.3 is 5.97 Å². The number of esters is 1. The number of hydrogen-bond acceptors (Lipinski definition) is 6. The van der Waals surface area contributed by atoms with E-state index in [1.54, 1.807) is 55.6 Å². The molecule has 0 aliphatic carbocycles. The second-order valence-corrected chi connectivity index (χ2v) is 6.31. The van der Waals surface area contributed by atoms with Gasteiger partial charge in [0.1, 0.15) is 11.5 Å². The molecular formula is C20H21ClN2O6. The second-order valence-electron chi connectivity index (χ2n) is 5.90. The zero-order valence-electron chi connectivity index (χ0n) is 16.0. The first-order valence-corrected chi connectivity index (χ1v) is 8.97. The largest absolute Gasteiger partial charge is 0.497 e. The second kappa shape index (κ2) is 10.9. The van der Waals surface area contributed by atoms with Crippen LogP contribution in [-0.2, 0) is 19.1 Å². The van der Waals surface area contributed by atoms with E-state index < -0.39 is 24.4 Å². The number of nitrogens with zero attached hydrogens (tertiary/aromatic N) is 1. The van der Waals surface area contributed by atoms with E-state index in [-0.39, 0.29) is 13.2 Å². The molecule has 29 heavy (non-hydrogen) atoms. The lowest BCUT2D eigenvalue weighted by Crippen LogP contribution is -2.37. The zero-order chi connectivity index (χ0) is 21.2. The van der Waals surface area contributed by atoms with Crippen molar-refractivity contribution >= 4 is 35.1 Å². The minimum absolute atomic E-state index is 0.218. The molecule has 2 amide bonds. The van der Waals surface area contributed by atoms with Gasteiger partial charge in [0.25, 0.3) is 5.91 Å². The van der Waals surface area contributed by atoms with Crippen LogP contribution in [0.15, 0.2) is 48.5 Å². The number of rotatable bonds is 9. The van der Waals surface area contributed by atoms with Crippen LogP contribution in [0.25, 0.3) is 0 Å². The van der Waals surface area contributed by atoms with Gasteiger partial charge in [0.05, 0.1) is 24.4 Å². The van der Waals surface area contributed by atoms with Crippen LogP contribution in [0.3, 0.4) is 0 Å². The van der Waals surface area contributed by atoms with Gasteiger partial charge in [-0.25, -0.2) is 4.79 Å². The van der Waals surface area contributed by atoms with Crippen LogP contribution >= 0.6 is 11.6 Å². The van der Waals surface area contributed by atoms with Crippen molar-refractivity contribution < 1.29 is 28.6 Å². The molecule has 2 aromatic rings. The number of ether oxygens (including phenoxy) is 3. The lowest BCUT2D eigenvalue weighted by Gasteiger charge is -2.17. The molecule has 0 aliphatic heterocycles. The van der Waals surface area contributed by atoms with Gasteiger partial charge in [-0.1, -0.05) is 23.7 Å². The van der Waals surface area contributed by atoms with Gasteiger partial charge in [0.15, 0.2) is 13.2 Å². The normalized spacial score (nSPS) is 10.0. The minimum atomic E-state index is -0.705. The van der Waals surface area contributed by atoms with E-state index in [2.05, 4.69) is 5.32 Å². The number of benzene rings is 2. The van der Waals surface area contributed by atoms with Crippen LogP contribution in [0.5, 0.6) is 11.5 Å². The van der Waals surface area contributed by atoms with Crippen LogP contribution in [0, 0.1) is 0 Å². The number of carbonyl (C=O) groups excluding carboxylic acids is 3. The summed E-state index contributed by atoms with van der Waals surface area (Å²) in [6.45, 7) is -1.07. The van der Waals surface area contributed by atoms with Crippen molar-refractivity contribution in [1.29, 1.82) is 0 Å². The molecule has 2 aromatic carbocycles. The van der Waals surface area contributed by atoms with Gasteiger partial charge in [0, 0.05) is 7.05 Å². The number of hydrogen-bond donors (Lipinski definition) is 1. The first-order chi connectivity index (χ1) is 13.9. The molecule has 0 saturated carbocycles. The van der Waals surface area contributed by atoms with Crippen LogP contribution in [0.4, 0.5) is 5.69 Å². The summed E-state index contributed by atoms with van der Waals surface area (Å²) in [6.07, 6.45) is 0. The summed E-state index contributed by atoms with van der Waals surface area (Å²) < 4.78 is 15.2. The van der Waals surface area contributed by atoms with Crippen molar-refractivity contribution in [2.75, 3.05) is 39.2 Å². The maximum atomic E-state index is 12.0. The van der Waals surface area contributed by atoms with Crippen LogP contribution in [0.1, 0.15) is 0 Å². The molecule has 0 bridgehead atoms. The Bertz CT molecular complexity index is 856. The summed E-state index contributed by atoms with van der Waals surface area (Å²) in [4.78, 5) is 36.9. The molecule has 1 N–H and O–H groups in total. The molecule has 9 heteroatoms. The van der Waals surface area contributed by atoms with Crippen molar-refractivity contribution in [2.24, 2.45) is 0 Å². The SMILES string of the molecule is COc1ccc(OCC(=O)OCC(=O)N(C)CC(=O)Nc2ccccc2Cl)cc1. The van der Waals surface area contributed by atoms with Crippen molar-refractivity contribution in [2.45, 2.75) is 0 Å². The fraction of sp³-hybridized carbons (Fsp3) is 0.250. The molecule has 2 rings (SSSR count). The topological polar surface area (TPSA) is 94.2 Å². The number of amides is 2. The predicted octanol–water partition coefficient (Wildman–Crippen LogP) is 2.37. The lowest BCUT2D eigenvalue weighted by molar-refractivity contribution is -0.153. The fourth-order valence-corrected chi connectivity index (χ4v) is 2.35. The molecule has 0 aliphatic rings. The Morgan fingerprint density at radius 2 is 1.66 bits per heavy atom. The minimum Gasteiger partial charge on any atom is -0.497 e. The van der Waals surface area contributed by atoms with Crippen molar-refractivity contribution in [3.8, 4) is 11.5 Å². The summed E-state index contributed by atoms with van der Waals surface area (Å²) >= 11 is 5.97. The van der Waals surface area contributed by atoms with Gasteiger partial charge in [-0.2, -0.15) is 0 Å². The summed E-state index contributed by atoms with van der Waals surface area (Å²) in [5.41, 5.74) is 0.446. The highest BCUT2D eigenvalue weighted by Gasteiger charge is 2.16. The average Bonchev–Trinajstić information content (AvgIpc) is 2.72. The highest BCUT2D eigenvalue weighted by atomic mass is 35.5. The number of methoxy groups -OCH3 is 1. The molecule has 0 spiro atoms. The number of para-hydroxylation sites is 1. The van der Waals surface area contributed by atoms with E-state index in [1.165, 1.54) is 7.05 Å². The third kappa shape index (κ3) is 7.34. The van der Waals surface area contributed by atoms with Crippen LogP contribution in [-0.4, -0.2) is 56.6 Å². The molecule has 0 unspecified atom stereocenters. The molecule has 154 valence electrons. The van der Waals surface area contributed by atoms with Gasteiger partial charge in [-0.3, -0.25) is 9.59 Å². The van der Waals surface area contributed by atoms with Crippen molar-refractivity contribution in [3.05, 3.63) is 53.6 Å². The quantitative estimate of drug-likeness (QED) is 0.626. The molecule has 0 atom stereocenters. The number of nitrogens with one attached hydrogen (secondary N) is 1. The number of likely N-dealkylation sites (N-methyl/N-ethyl adjacent to an activating group) is 1. The fourth-order valence-electron chi connectivity index (χ4n) is 2.16. The van der Waals surface area contributed by atoms with Crippen LogP contribution in [0.2, 0.25) is 5.02 Å². The van der Waals surface area contributed by atoms with Gasteiger partial charge in [0.2, 0.25) is 5.91 Å². The molecule has 0 saturated heterocycles.